The van der Waals surface area contributed by atoms with Gasteiger partial charge >= 0.3 is 5.97 Å². The molecule has 0 amide bonds. The van der Waals surface area contributed by atoms with E-state index in [1.165, 1.54) is 12.1 Å². The number of nitriles is 2. The smallest absolute Gasteiger partial charge is 0.316 e. The lowest BCUT2D eigenvalue weighted by molar-refractivity contribution is -0.410. The van der Waals surface area contributed by atoms with Gasteiger partial charge in [-0.2, -0.15) is 10.5 Å². The molecule has 0 aliphatic heterocycles. The zero-order valence-electron chi connectivity index (χ0n) is 15.8. The number of aromatic nitrogens is 1. The zero-order chi connectivity index (χ0) is 21.5. The summed E-state index contributed by atoms with van der Waals surface area (Å²) < 4.78 is 5.26. The highest BCUT2D eigenvalue weighted by atomic mass is 32.2. The first-order valence-corrected chi connectivity index (χ1v) is 9.82. The van der Waals surface area contributed by atoms with Crippen molar-refractivity contribution in [3.63, 3.8) is 0 Å². The van der Waals surface area contributed by atoms with Crippen molar-refractivity contribution in [3.8, 4) is 29.0 Å². The van der Waals surface area contributed by atoms with Gasteiger partial charge in [0.25, 0.3) is 5.82 Å². The molecule has 3 aromatic rings. The Kier molecular flexibility index (Phi) is 6.53. The predicted molar refractivity (Wildman–Crippen MR) is 111 cm³/mol. The molecule has 30 heavy (non-hydrogen) atoms. The highest BCUT2D eigenvalue weighted by Crippen LogP contribution is 2.34. The Morgan fingerprint density at radius 3 is 2.37 bits per heavy atom. The maximum absolute atomic E-state index is 12.1. The number of nitrogens with two attached hydrogens (primary N) is 1. The fourth-order valence-electron chi connectivity index (χ4n) is 2.78. The van der Waals surface area contributed by atoms with Gasteiger partial charge in [-0.1, -0.05) is 54.2 Å². The number of phenols is 1. The Bertz CT molecular complexity index is 1150. The fourth-order valence-corrected chi connectivity index (χ4v) is 3.60. The van der Waals surface area contributed by atoms with Crippen molar-refractivity contribution >= 4 is 23.5 Å². The van der Waals surface area contributed by atoms with Gasteiger partial charge in [0.15, 0.2) is 5.03 Å². The van der Waals surface area contributed by atoms with Crippen molar-refractivity contribution in [2.24, 2.45) is 0 Å². The first kappa shape index (κ1) is 20.7. The van der Waals surface area contributed by atoms with E-state index in [4.69, 9.17) is 10.5 Å². The van der Waals surface area contributed by atoms with Crippen LogP contribution in [0.15, 0.2) is 59.6 Å². The van der Waals surface area contributed by atoms with Gasteiger partial charge in [-0.25, -0.2) is 4.98 Å². The van der Waals surface area contributed by atoms with Crippen molar-refractivity contribution in [3.05, 3.63) is 71.3 Å². The number of nitrogens with zero attached hydrogens (tertiary/aromatic N) is 2. The number of hydrogen-bond donors (Lipinski definition) is 2. The highest BCUT2D eigenvalue weighted by molar-refractivity contribution is 7.99. The molecule has 1 heterocycles. The lowest BCUT2D eigenvalue weighted by atomic mass is 9.97. The summed E-state index contributed by atoms with van der Waals surface area (Å²) >= 11 is 1.07. The van der Waals surface area contributed by atoms with Gasteiger partial charge in [0, 0.05) is 5.56 Å². The number of ether oxygens (including phenoxy) is 1. The third-order valence-corrected chi connectivity index (χ3v) is 5.18. The van der Waals surface area contributed by atoms with Gasteiger partial charge < -0.3 is 9.84 Å². The topological polar surface area (TPSA) is 134 Å². The molecule has 0 fully saturated rings. The van der Waals surface area contributed by atoms with Crippen molar-refractivity contribution in [1.29, 1.82) is 10.5 Å². The van der Waals surface area contributed by atoms with Gasteiger partial charge in [0.1, 0.15) is 35.6 Å². The van der Waals surface area contributed by atoms with Crippen molar-refractivity contribution in [2.45, 2.75) is 11.6 Å². The Labute approximate surface area is 177 Å². The zero-order valence-corrected chi connectivity index (χ0v) is 16.6. The molecule has 8 heteroatoms. The van der Waals surface area contributed by atoms with Gasteiger partial charge in [0.2, 0.25) is 0 Å². The summed E-state index contributed by atoms with van der Waals surface area (Å²) in [6, 6.07) is 19.5. The highest BCUT2D eigenvalue weighted by Gasteiger charge is 2.24. The fraction of sp³-hybridized carbons (Fsp3) is 0.0909. The molecule has 0 atom stereocenters. The summed E-state index contributed by atoms with van der Waals surface area (Å²) in [6.45, 7) is 0.156. The molecule has 7 nitrogen and oxygen atoms in total. The van der Waals surface area contributed by atoms with E-state index in [9.17, 15) is 20.4 Å². The number of benzene rings is 2. The Morgan fingerprint density at radius 1 is 1.07 bits per heavy atom. The van der Waals surface area contributed by atoms with Crippen LogP contribution in [-0.4, -0.2) is 16.8 Å². The summed E-state index contributed by atoms with van der Waals surface area (Å²) in [5.74, 6) is -0.352. The number of H-pyrrole nitrogens is 1. The van der Waals surface area contributed by atoms with Crippen LogP contribution in [0.5, 0.6) is 5.75 Å². The molecule has 0 saturated carbocycles. The molecule has 0 unspecified atom stereocenters. The Hall–Kier alpha value is -4.01. The SMILES string of the molecule is N#Cc1c(N)[nH+]c(SCC(=O)OCc2ccccc2)c(C#N)c1-c1ccc(O)cc1. The van der Waals surface area contributed by atoms with Gasteiger partial charge in [-0.3, -0.25) is 10.5 Å². The first-order chi connectivity index (χ1) is 14.5. The number of phenolic OH excluding ortho intramolecular Hbond substituents is 1. The summed E-state index contributed by atoms with van der Waals surface area (Å²) in [6.07, 6.45) is 0. The molecule has 4 N–H and O–H groups in total. The molecule has 0 radical (unpaired) electrons. The number of thioether (sulfide) groups is 1. The number of carbonyl (C=O) groups excluding carboxylic acids is 1. The number of pyridine rings is 1. The van der Waals surface area contributed by atoms with Gasteiger partial charge in [0.05, 0.1) is 5.75 Å². The van der Waals surface area contributed by atoms with Crippen LogP contribution in [-0.2, 0) is 16.1 Å². The van der Waals surface area contributed by atoms with E-state index >= 15 is 0 Å². The molecule has 0 aliphatic rings. The molecule has 0 saturated heterocycles. The third kappa shape index (κ3) is 4.69. The second-order valence-corrected chi connectivity index (χ2v) is 7.18. The van der Waals surface area contributed by atoms with Gasteiger partial charge in [-0.15, -0.1) is 0 Å². The number of anilines is 1. The van der Waals surface area contributed by atoms with Crippen LogP contribution >= 0.6 is 11.8 Å². The molecule has 0 bridgehead atoms. The van der Waals surface area contributed by atoms with E-state index in [0.29, 0.717) is 16.2 Å². The van der Waals surface area contributed by atoms with E-state index in [2.05, 4.69) is 11.1 Å². The molecule has 1 aromatic heterocycles. The van der Waals surface area contributed by atoms with Crippen LogP contribution in [0.3, 0.4) is 0 Å². The van der Waals surface area contributed by atoms with E-state index in [1.54, 1.807) is 12.1 Å². The number of nitrogen functional groups attached to an aromatic ring is 1. The van der Waals surface area contributed by atoms with Crippen LogP contribution in [0.1, 0.15) is 16.7 Å². The van der Waals surface area contributed by atoms with Crippen molar-refractivity contribution < 1.29 is 19.6 Å². The Morgan fingerprint density at radius 2 is 1.73 bits per heavy atom. The predicted octanol–water partition coefficient (Wildman–Crippen LogP) is 3.03. The minimum atomic E-state index is -0.449. The maximum atomic E-state index is 12.1. The molecule has 0 spiro atoms. The largest absolute Gasteiger partial charge is 0.508 e. The standard InChI is InChI=1S/C22H16N4O3S/c23-10-17-20(15-6-8-16(27)9-7-15)18(11-24)22(26-21(17)25)30-13-19(28)29-12-14-4-2-1-3-5-14/h1-9,27H,12-13H2,(H2,25,26)/p+1. The molecular weight excluding hydrogens is 400 g/mol. The molecule has 0 aliphatic carbocycles. The number of carbonyl (C=O) groups is 1. The number of aromatic amines is 1. The maximum Gasteiger partial charge on any atom is 0.316 e. The summed E-state index contributed by atoms with van der Waals surface area (Å²) in [4.78, 5) is 15.0. The monoisotopic (exact) mass is 417 g/mol. The van der Waals surface area contributed by atoms with Crippen LogP contribution in [0.25, 0.3) is 11.1 Å². The lowest BCUT2D eigenvalue weighted by Crippen LogP contribution is -2.19. The van der Waals surface area contributed by atoms with Crippen molar-refractivity contribution in [1.82, 2.24) is 0 Å². The Balaban J connectivity index is 1.84. The van der Waals surface area contributed by atoms with Crippen molar-refractivity contribution in [2.75, 3.05) is 11.5 Å². The van der Waals surface area contributed by atoms with Crippen LogP contribution in [0.2, 0.25) is 0 Å². The first-order valence-electron chi connectivity index (χ1n) is 8.84. The molecule has 3 rings (SSSR count). The average molecular weight is 417 g/mol. The molecule has 148 valence electrons. The van der Waals surface area contributed by atoms with E-state index in [-0.39, 0.29) is 35.1 Å². The van der Waals surface area contributed by atoms with E-state index < -0.39 is 5.97 Å². The second kappa shape index (κ2) is 9.46. The van der Waals surface area contributed by atoms with Gasteiger partial charge in [-0.05, 0) is 23.3 Å². The molecular formula is C22H17N4O3S+. The summed E-state index contributed by atoms with van der Waals surface area (Å²) in [7, 11) is 0. The summed E-state index contributed by atoms with van der Waals surface area (Å²) in [5.41, 5.74) is 8.07. The van der Waals surface area contributed by atoms with E-state index in [0.717, 1.165) is 17.3 Å². The number of hydrogen-bond acceptors (Lipinski definition) is 7. The number of esters is 1. The van der Waals surface area contributed by atoms with E-state index in [1.807, 2.05) is 36.4 Å². The number of aromatic hydroxyl groups is 1. The summed E-state index contributed by atoms with van der Waals surface area (Å²) in [5, 5.41) is 29.2. The number of rotatable bonds is 6. The quantitative estimate of drug-likeness (QED) is 0.465. The van der Waals surface area contributed by atoms with Crippen LogP contribution in [0.4, 0.5) is 5.82 Å². The van der Waals surface area contributed by atoms with Crippen LogP contribution < -0.4 is 10.7 Å². The molecule has 2 aromatic carbocycles. The number of nitrogens with one attached hydrogen (secondary N) is 1. The van der Waals surface area contributed by atoms with Crippen LogP contribution in [0, 0.1) is 22.7 Å². The lowest BCUT2D eigenvalue weighted by Gasteiger charge is -2.10. The minimum absolute atomic E-state index is 0.0433. The average Bonchev–Trinajstić information content (AvgIpc) is 2.77. The third-order valence-electron chi connectivity index (χ3n) is 4.20. The second-order valence-electron chi connectivity index (χ2n) is 6.20. The minimum Gasteiger partial charge on any atom is -0.508 e. The normalized spacial score (nSPS) is 10.1.